The Hall–Kier alpha value is -2.60. The zero-order chi connectivity index (χ0) is 16.8. The van der Waals surface area contributed by atoms with E-state index in [4.69, 9.17) is 9.47 Å². The predicted molar refractivity (Wildman–Crippen MR) is 85.9 cm³/mol. The molecule has 0 aromatic heterocycles. The van der Waals surface area contributed by atoms with Crippen LogP contribution in [0.5, 0.6) is 5.75 Å². The van der Waals surface area contributed by atoms with Crippen LogP contribution in [0.3, 0.4) is 0 Å². The van der Waals surface area contributed by atoms with Gasteiger partial charge in [-0.05, 0) is 23.8 Å². The molecule has 6 heteroatoms. The fourth-order valence-corrected chi connectivity index (χ4v) is 2.30. The number of amides is 1. The van der Waals surface area contributed by atoms with Crippen molar-refractivity contribution in [1.29, 1.82) is 0 Å². The highest BCUT2D eigenvalue weighted by atomic mass is 16.5. The van der Waals surface area contributed by atoms with Crippen molar-refractivity contribution >= 4 is 22.6 Å². The second kappa shape index (κ2) is 7.60. The molecule has 0 unspecified atom stereocenters. The van der Waals surface area contributed by atoms with Crippen LogP contribution in [0, 0.1) is 0 Å². The van der Waals surface area contributed by atoms with Gasteiger partial charge in [0.05, 0.1) is 19.3 Å². The van der Waals surface area contributed by atoms with Gasteiger partial charge in [0, 0.05) is 6.61 Å². The standard InChI is InChI=1S/C17H19NO5/c1-3-23-10-13(17(20)21)18-16(19)15-12-7-5-4-6-11(12)8-9-14(15)22-2/h4-9,13H,3,10H2,1-2H3,(H,18,19)(H,20,21)/t13-/m0/s1. The summed E-state index contributed by atoms with van der Waals surface area (Å²) < 4.78 is 10.4. The molecule has 0 saturated carbocycles. The summed E-state index contributed by atoms with van der Waals surface area (Å²) in [6.45, 7) is 2.04. The third-order valence-electron chi connectivity index (χ3n) is 3.43. The van der Waals surface area contributed by atoms with Gasteiger partial charge < -0.3 is 19.9 Å². The van der Waals surface area contributed by atoms with E-state index < -0.39 is 17.9 Å². The Bertz CT molecular complexity index is 713. The topological polar surface area (TPSA) is 84.9 Å². The molecule has 0 aliphatic carbocycles. The Labute approximate surface area is 134 Å². The molecule has 2 aromatic rings. The number of benzene rings is 2. The van der Waals surface area contributed by atoms with Gasteiger partial charge in [-0.15, -0.1) is 0 Å². The molecule has 0 fully saturated rings. The molecular formula is C17H19NO5. The van der Waals surface area contributed by atoms with Crippen LogP contribution < -0.4 is 10.1 Å². The van der Waals surface area contributed by atoms with Gasteiger partial charge in [-0.2, -0.15) is 0 Å². The minimum absolute atomic E-state index is 0.0926. The summed E-state index contributed by atoms with van der Waals surface area (Å²) in [4.78, 5) is 23.9. The number of ether oxygens (including phenoxy) is 2. The highest BCUT2D eigenvalue weighted by Gasteiger charge is 2.24. The summed E-state index contributed by atoms with van der Waals surface area (Å²) in [7, 11) is 1.47. The van der Waals surface area contributed by atoms with E-state index in [1.165, 1.54) is 7.11 Å². The molecule has 0 bridgehead atoms. The summed E-state index contributed by atoms with van der Waals surface area (Å²) in [6.07, 6.45) is 0. The quantitative estimate of drug-likeness (QED) is 0.816. The van der Waals surface area contributed by atoms with Crippen LogP contribution in [0.1, 0.15) is 17.3 Å². The number of hydrogen-bond acceptors (Lipinski definition) is 4. The van der Waals surface area contributed by atoms with E-state index in [0.717, 1.165) is 5.39 Å². The number of carbonyl (C=O) groups excluding carboxylic acids is 1. The van der Waals surface area contributed by atoms with Crippen LogP contribution in [-0.4, -0.2) is 43.3 Å². The van der Waals surface area contributed by atoms with Crippen molar-refractivity contribution in [2.75, 3.05) is 20.3 Å². The number of aliphatic carboxylic acids is 1. The summed E-state index contributed by atoms with van der Waals surface area (Å²) in [6, 6.07) is 9.77. The molecule has 0 radical (unpaired) electrons. The number of rotatable bonds is 7. The summed E-state index contributed by atoms with van der Waals surface area (Å²) in [5.74, 6) is -1.27. The summed E-state index contributed by atoms with van der Waals surface area (Å²) in [5, 5.41) is 13.3. The molecule has 23 heavy (non-hydrogen) atoms. The molecule has 0 saturated heterocycles. The van der Waals surface area contributed by atoms with Gasteiger partial charge in [-0.3, -0.25) is 4.79 Å². The maximum absolute atomic E-state index is 12.6. The van der Waals surface area contributed by atoms with Gasteiger partial charge in [-0.1, -0.05) is 30.3 Å². The van der Waals surface area contributed by atoms with Gasteiger partial charge >= 0.3 is 5.97 Å². The highest BCUT2D eigenvalue weighted by molar-refractivity contribution is 6.10. The summed E-state index contributed by atoms with van der Waals surface area (Å²) >= 11 is 0. The maximum Gasteiger partial charge on any atom is 0.328 e. The molecule has 1 amide bonds. The number of fused-ring (bicyclic) bond motifs is 1. The fraction of sp³-hybridized carbons (Fsp3) is 0.294. The Kier molecular flexibility index (Phi) is 5.54. The van der Waals surface area contributed by atoms with Crippen molar-refractivity contribution in [2.45, 2.75) is 13.0 Å². The second-order valence-corrected chi connectivity index (χ2v) is 4.89. The Morgan fingerprint density at radius 3 is 2.61 bits per heavy atom. The van der Waals surface area contributed by atoms with Crippen LogP contribution >= 0.6 is 0 Å². The zero-order valence-corrected chi connectivity index (χ0v) is 13.0. The van der Waals surface area contributed by atoms with E-state index in [1.54, 1.807) is 19.1 Å². The second-order valence-electron chi connectivity index (χ2n) is 4.89. The van der Waals surface area contributed by atoms with E-state index in [1.807, 2.05) is 24.3 Å². The molecule has 0 aliphatic rings. The molecule has 1 atom stereocenters. The van der Waals surface area contributed by atoms with Gasteiger partial charge in [0.2, 0.25) is 0 Å². The van der Waals surface area contributed by atoms with Crippen molar-refractivity contribution < 1.29 is 24.2 Å². The van der Waals surface area contributed by atoms with Crippen LogP contribution in [0.15, 0.2) is 36.4 Å². The van der Waals surface area contributed by atoms with E-state index in [-0.39, 0.29) is 6.61 Å². The number of methoxy groups -OCH3 is 1. The number of carbonyl (C=O) groups is 2. The van der Waals surface area contributed by atoms with Crippen molar-refractivity contribution in [1.82, 2.24) is 5.32 Å². The molecule has 0 heterocycles. The third kappa shape index (κ3) is 3.78. The third-order valence-corrected chi connectivity index (χ3v) is 3.43. The van der Waals surface area contributed by atoms with E-state index in [2.05, 4.69) is 5.32 Å². The molecule has 6 nitrogen and oxygen atoms in total. The smallest absolute Gasteiger partial charge is 0.328 e. The Balaban J connectivity index is 2.37. The normalized spacial score (nSPS) is 11.9. The Morgan fingerprint density at radius 2 is 1.96 bits per heavy atom. The lowest BCUT2D eigenvalue weighted by Gasteiger charge is -2.17. The van der Waals surface area contributed by atoms with Crippen molar-refractivity contribution in [3.8, 4) is 5.75 Å². The average Bonchev–Trinajstić information content (AvgIpc) is 2.56. The van der Waals surface area contributed by atoms with Gasteiger partial charge in [0.1, 0.15) is 5.75 Å². The van der Waals surface area contributed by atoms with Crippen molar-refractivity contribution in [2.24, 2.45) is 0 Å². The largest absolute Gasteiger partial charge is 0.496 e. The van der Waals surface area contributed by atoms with Crippen LogP contribution in [-0.2, 0) is 9.53 Å². The fourth-order valence-electron chi connectivity index (χ4n) is 2.30. The summed E-state index contributed by atoms with van der Waals surface area (Å²) in [5.41, 5.74) is 0.313. The number of nitrogens with one attached hydrogen (secondary N) is 1. The van der Waals surface area contributed by atoms with E-state index in [9.17, 15) is 14.7 Å². The van der Waals surface area contributed by atoms with E-state index in [0.29, 0.717) is 23.3 Å². The lowest BCUT2D eigenvalue weighted by Crippen LogP contribution is -2.44. The molecule has 2 rings (SSSR count). The maximum atomic E-state index is 12.6. The molecule has 122 valence electrons. The minimum Gasteiger partial charge on any atom is -0.496 e. The molecule has 2 aromatic carbocycles. The van der Waals surface area contributed by atoms with Crippen molar-refractivity contribution in [3.63, 3.8) is 0 Å². The first kappa shape index (κ1) is 16.8. The SMILES string of the molecule is CCOC[C@H](NC(=O)c1c(OC)ccc2ccccc12)C(=O)O. The Morgan fingerprint density at radius 1 is 1.22 bits per heavy atom. The average molecular weight is 317 g/mol. The number of hydrogen-bond donors (Lipinski definition) is 2. The van der Waals surface area contributed by atoms with Gasteiger partial charge in [0.25, 0.3) is 5.91 Å². The highest BCUT2D eigenvalue weighted by Crippen LogP contribution is 2.27. The van der Waals surface area contributed by atoms with E-state index >= 15 is 0 Å². The first-order chi connectivity index (χ1) is 11.1. The van der Waals surface area contributed by atoms with Crippen LogP contribution in [0.2, 0.25) is 0 Å². The number of carboxylic acid groups (broad SMARTS) is 1. The van der Waals surface area contributed by atoms with Gasteiger partial charge in [-0.25, -0.2) is 4.79 Å². The monoisotopic (exact) mass is 317 g/mol. The van der Waals surface area contributed by atoms with Crippen LogP contribution in [0.4, 0.5) is 0 Å². The van der Waals surface area contributed by atoms with Crippen LogP contribution in [0.25, 0.3) is 10.8 Å². The first-order valence-electron chi connectivity index (χ1n) is 7.25. The first-order valence-corrected chi connectivity index (χ1v) is 7.25. The van der Waals surface area contributed by atoms with Crippen molar-refractivity contribution in [3.05, 3.63) is 42.0 Å². The molecule has 2 N–H and O–H groups in total. The predicted octanol–water partition coefficient (Wildman–Crippen LogP) is 2.07. The molecule has 0 spiro atoms. The minimum atomic E-state index is -1.15. The van der Waals surface area contributed by atoms with Gasteiger partial charge in [0.15, 0.2) is 6.04 Å². The molecular weight excluding hydrogens is 298 g/mol. The molecule has 0 aliphatic heterocycles. The lowest BCUT2D eigenvalue weighted by atomic mass is 10.0. The number of carboxylic acids is 1. The zero-order valence-electron chi connectivity index (χ0n) is 13.0. The lowest BCUT2D eigenvalue weighted by molar-refractivity contribution is -0.140.